The molecule has 7 nitrogen and oxygen atoms in total. The SMILES string of the molecule is CC(C)Oc1cc(C(=O)N(C)Cc2cnc(CO)c3cn[nH]c23)ccc1-c1cccc(Cl)c1. The van der Waals surface area contributed by atoms with Gasteiger partial charge in [0.15, 0.2) is 0 Å². The minimum Gasteiger partial charge on any atom is -0.490 e. The minimum absolute atomic E-state index is 0.0595. The number of hydrogen-bond donors (Lipinski definition) is 2. The molecule has 33 heavy (non-hydrogen) atoms. The number of aromatic amines is 1. The summed E-state index contributed by atoms with van der Waals surface area (Å²) in [5.41, 5.74) is 4.41. The van der Waals surface area contributed by atoms with E-state index in [-0.39, 0.29) is 18.6 Å². The number of hydrogen-bond acceptors (Lipinski definition) is 5. The first-order valence-electron chi connectivity index (χ1n) is 10.6. The molecule has 2 aromatic carbocycles. The highest BCUT2D eigenvalue weighted by molar-refractivity contribution is 6.30. The number of benzene rings is 2. The van der Waals surface area contributed by atoms with Crippen LogP contribution in [-0.2, 0) is 13.2 Å². The average Bonchev–Trinajstić information content (AvgIpc) is 3.29. The van der Waals surface area contributed by atoms with E-state index in [0.29, 0.717) is 28.6 Å². The summed E-state index contributed by atoms with van der Waals surface area (Å²) in [5, 5.41) is 17.9. The van der Waals surface area contributed by atoms with Gasteiger partial charge in [-0.3, -0.25) is 14.9 Å². The summed E-state index contributed by atoms with van der Waals surface area (Å²) in [6.45, 7) is 4.04. The summed E-state index contributed by atoms with van der Waals surface area (Å²) in [5.74, 6) is 0.469. The zero-order chi connectivity index (χ0) is 23.5. The summed E-state index contributed by atoms with van der Waals surface area (Å²) in [4.78, 5) is 19.2. The smallest absolute Gasteiger partial charge is 0.254 e. The summed E-state index contributed by atoms with van der Waals surface area (Å²) < 4.78 is 6.04. The van der Waals surface area contributed by atoms with Crippen molar-refractivity contribution in [3.8, 4) is 16.9 Å². The maximum Gasteiger partial charge on any atom is 0.254 e. The van der Waals surface area contributed by atoms with Crippen molar-refractivity contribution >= 4 is 28.4 Å². The number of rotatable bonds is 7. The van der Waals surface area contributed by atoms with Gasteiger partial charge in [0, 0.05) is 46.9 Å². The van der Waals surface area contributed by atoms with Gasteiger partial charge in [0.1, 0.15) is 5.75 Å². The van der Waals surface area contributed by atoms with Crippen molar-refractivity contribution in [1.82, 2.24) is 20.1 Å². The maximum absolute atomic E-state index is 13.2. The lowest BCUT2D eigenvalue weighted by molar-refractivity contribution is 0.0784. The number of halogens is 1. The molecule has 0 saturated heterocycles. The monoisotopic (exact) mass is 464 g/mol. The third kappa shape index (κ3) is 4.84. The topological polar surface area (TPSA) is 91.3 Å². The fourth-order valence-electron chi connectivity index (χ4n) is 3.73. The number of amides is 1. The molecule has 0 saturated carbocycles. The lowest BCUT2D eigenvalue weighted by Crippen LogP contribution is -2.26. The summed E-state index contributed by atoms with van der Waals surface area (Å²) in [6, 6.07) is 13.0. The fraction of sp³-hybridized carbons (Fsp3) is 0.240. The highest BCUT2D eigenvalue weighted by atomic mass is 35.5. The van der Waals surface area contributed by atoms with E-state index in [4.69, 9.17) is 16.3 Å². The maximum atomic E-state index is 13.2. The Hall–Kier alpha value is -3.42. The second-order valence-corrected chi connectivity index (χ2v) is 8.53. The van der Waals surface area contributed by atoms with E-state index in [9.17, 15) is 9.90 Å². The molecule has 4 rings (SSSR count). The van der Waals surface area contributed by atoms with Gasteiger partial charge in [-0.05, 0) is 49.7 Å². The van der Waals surface area contributed by atoms with Crippen molar-refractivity contribution in [3.63, 3.8) is 0 Å². The second-order valence-electron chi connectivity index (χ2n) is 8.10. The van der Waals surface area contributed by atoms with Crippen LogP contribution in [0.2, 0.25) is 5.02 Å². The summed E-state index contributed by atoms with van der Waals surface area (Å²) in [6.07, 6.45) is 3.23. The molecule has 0 unspecified atom stereocenters. The van der Waals surface area contributed by atoms with Crippen LogP contribution in [-0.4, -0.2) is 44.2 Å². The molecule has 1 amide bonds. The minimum atomic E-state index is -0.178. The lowest BCUT2D eigenvalue weighted by Gasteiger charge is -2.20. The molecule has 4 aromatic rings. The van der Waals surface area contributed by atoms with Gasteiger partial charge in [0.25, 0.3) is 5.91 Å². The van der Waals surface area contributed by atoms with E-state index in [0.717, 1.165) is 27.6 Å². The third-order valence-electron chi connectivity index (χ3n) is 5.28. The number of pyridine rings is 1. The zero-order valence-corrected chi connectivity index (χ0v) is 19.4. The van der Waals surface area contributed by atoms with Crippen LogP contribution < -0.4 is 4.74 Å². The predicted octanol–water partition coefficient (Wildman–Crippen LogP) is 4.83. The van der Waals surface area contributed by atoms with Gasteiger partial charge in [-0.25, -0.2) is 0 Å². The van der Waals surface area contributed by atoms with Gasteiger partial charge in [0.05, 0.1) is 30.1 Å². The number of carbonyl (C=O) groups is 1. The molecule has 2 N–H and O–H groups in total. The van der Waals surface area contributed by atoms with Gasteiger partial charge in [-0.15, -0.1) is 0 Å². The highest BCUT2D eigenvalue weighted by Crippen LogP contribution is 2.33. The molecule has 8 heteroatoms. The zero-order valence-electron chi connectivity index (χ0n) is 18.7. The fourth-order valence-corrected chi connectivity index (χ4v) is 3.92. The van der Waals surface area contributed by atoms with E-state index < -0.39 is 0 Å². The summed E-state index contributed by atoms with van der Waals surface area (Å²) in [7, 11) is 1.73. The Bertz CT molecular complexity index is 1300. The molecule has 170 valence electrons. The Morgan fingerprint density at radius 3 is 2.76 bits per heavy atom. The average molecular weight is 465 g/mol. The van der Waals surface area contributed by atoms with E-state index >= 15 is 0 Å². The quantitative estimate of drug-likeness (QED) is 0.408. The molecule has 2 aromatic heterocycles. The number of ether oxygens (including phenoxy) is 1. The third-order valence-corrected chi connectivity index (χ3v) is 5.51. The van der Waals surface area contributed by atoms with Crippen molar-refractivity contribution in [2.75, 3.05) is 7.05 Å². The molecule has 0 bridgehead atoms. The standard InChI is InChI=1S/C25H25ClN4O3/c1-15(2)33-23-10-17(7-8-20(23)16-5-4-6-19(26)9-16)25(32)30(3)13-18-11-27-22(14-31)21-12-28-29-24(18)21/h4-12,15,31H,13-14H2,1-3H3,(H,28,29). The second kappa shape index (κ2) is 9.60. The van der Waals surface area contributed by atoms with Gasteiger partial charge >= 0.3 is 0 Å². The molecule has 0 aliphatic carbocycles. The molecular weight excluding hydrogens is 440 g/mol. The number of aliphatic hydroxyl groups is 1. The number of aromatic nitrogens is 3. The van der Waals surface area contributed by atoms with Gasteiger partial charge in [0.2, 0.25) is 0 Å². The van der Waals surface area contributed by atoms with E-state index in [1.807, 2.05) is 44.2 Å². The highest BCUT2D eigenvalue weighted by Gasteiger charge is 2.18. The molecule has 0 spiro atoms. The normalized spacial score (nSPS) is 11.2. The van der Waals surface area contributed by atoms with Crippen molar-refractivity contribution < 1.29 is 14.6 Å². The number of H-pyrrole nitrogens is 1. The van der Waals surface area contributed by atoms with Crippen molar-refractivity contribution in [2.24, 2.45) is 0 Å². The van der Waals surface area contributed by atoms with Crippen molar-refractivity contribution in [2.45, 2.75) is 33.1 Å². The van der Waals surface area contributed by atoms with Crippen LogP contribution in [0, 0.1) is 0 Å². The van der Waals surface area contributed by atoms with E-state index in [1.165, 1.54) is 0 Å². The van der Waals surface area contributed by atoms with Crippen LogP contribution in [0.1, 0.15) is 35.5 Å². The molecule has 2 heterocycles. The van der Waals surface area contributed by atoms with Gasteiger partial charge < -0.3 is 14.7 Å². The molecule has 0 aliphatic rings. The lowest BCUT2D eigenvalue weighted by atomic mass is 10.0. The van der Waals surface area contributed by atoms with Crippen LogP contribution in [0.25, 0.3) is 22.0 Å². The van der Waals surface area contributed by atoms with Crippen LogP contribution >= 0.6 is 11.6 Å². The molecular formula is C25H25ClN4O3. The van der Waals surface area contributed by atoms with Gasteiger partial charge in [-0.2, -0.15) is 5.10 Å². The van der Waals surface area contributed by atoms with Crippen molar-refractivity contribution in [1.29, 1.82) is 0 Å². The molecule has 0 aliphatic heterocycles. The van der Waals surface area contributed by atoms with Crippen LogP contribution in [0.5, 0.6) is 5.75 Å². The first-order chi connectivity index (χ1) is 15.9. The summed E-state index contributed by atoms with van der Waals surface area (Å²) >= 11 is 6.18. The molecule has 0 radical (unpaired) electrons. The Kier molecular flexibility index (Phi) is 6.62. The van der Waals surface area contributed by atoms with E-state index in [1.54, 1.807) is 36.5 Å². The number of fused-ring (bicyclic) bond motifs is 1. The Balaban J connectivity index is 1.63. The van der Waals surface area contributed by atoms with Crippen molar-refractivity contribution in [3.05, 3.63) is 76.7 Å². The van der Waals surface area contributed by atoms with E-state index in [2.05, 4.69) is 15.2 Å². The number of nitrogens with zero attached hydrogens (tertiary/aromatic N) is 3. The largest absolute Gasteiger partial charge is 0.490 e. The molecule has 0 atom stereocenters. The Morgan fingerprint density at radius 2 is 2.03 bits per heavy atom. The first-order valence-corrected chi connectivity index (χ1v) is 11.0. The number of carbonyl (C=O) groups excluding carboxylic acids is 1. The Morgan fingerprint density at radius 1 is 1.21 bits per heavy atom. The van der Waals surface area contributed by atoms with Gasteiger partial charge in [-0.1, -0.05) is 23.7 Å². The number of nitrogens with one attached hydrogen (secondary N) is 1. The van der Waals surface area contributed by atoms with Crippen LogP contribution in [0.3, 0.4) is 0 Å². The number of aliphatic hydroxyl groups excluding tert-OH is 1. The van der Waals surface area contributed by atoms with Crippen LogP contribution in [0.15, 0.2) is 54.9 Å². The Labute approximate surface area is 197 Å². The first kappa shape index (κ1) is 22.8. The molecule has 0 fully saturated rings. The predicted molar refractivity (Wildman–Crippen MR) is 128 cm³/mol. The van der Waals surface area contributed by atoms with Crippen LogP contribution in [0.4, 0.5) is 0 Å².